The number of halogens is 3. The highest BCUT2D eigenvalue weighted by Crippen LogP contribution is 2.24. The fraction of sp³-hybridized carbons (Fsp3) is 0.444. The van der Waals surface area contributed by atoms with Gasteiger partial charge < -0.3 is 16.0 Å². The van der Waals surface area contributed by atoms with Gasteiger partial charge in [-0.15, -0.1) is 36.2 Å². The summed E-state index contributed by atoms with van der Waals surface area (Å²) in [7, 11) is 0. The number of piperidine rings is 1. The van der Waals surface area contributed by atoms with Crippen molar-refractivity contribution in [1.29, 1.82) is 0 Å². The van der Waals surface area contributed by atoms with Crippen molar-refractivity contribution in [2.75, 3.05) is 24.5 Å². The second-order valence-corrected chi connectivity index (χ2v) is 7.30. The molecule has 1 atom stereocenters. The van der Waals surface area contributed by atoms with E-state index in [0.717, 1.165) is 42.2 Å². The van der Waals surface area contributed by atoms with Crippen molar-refractivity contribution in [2.45, 2.75) is 32.2 Å². The van der Waals surface area contributed by atoms with Crippen molar-refractivity contribution < 1.29 is 9.18 Å². The topological polar surface area (TPSA) is 71.2 Å². The molecule has 1 aliphatic heterocycles. The molecule has 1 unspecified atom stereocenters. The Morgan fingerprint density at radius 2 is 2.22 bits per heavy atom. The first-order valence-electron chi connectivity index (χ1n) is 8.53. The SMILES string of the molecule is Cc1cc(F)ccc1N1CCCC(NC(=O)c2csc(CCN)n2)C1.Cl.Cl. The molecule has 0 spiro atoms. The molecule has 0 bridgehead atoms. The van der Waals surface area contributed by atoms with Gasteiger partial charge in [-0.05, 0) is 50.1 Å². The Hall–Kier alpha value is -1.41. The molecule has 5 nitrogen and oxygen atoms in total. The standard InChI is InChI=1S/C18H23FN4OS.2ClH/c1-12-9-13(19)4-5-16(12)23-8-2-3-14(10-23)21-18(24)15-11-25-17(22-15)6-7-20;;/h4-5,9,11,14H,2-3,6-8,10,20H2,1H3,(H,21,24);2*1H. The van der Waals surface area contributed by atoms with Gasteiger partial charge in [0.05, 0.1) is 5.01 Å². The molecule has 1 aromatic carbocycles. The molecule has 150 valence electrons. The molecule has 27 heavy (non-hydrogen) atoms. The average Bonchev–Trinajstić information content (AvgIpc) is 3.04. The van der Waals surface area contributed by atoms with E-state index in [0.29, 0.717) is 18.7 Å². The van der Waals surface area contributed by atoms with Crippen molar-refractivity contribution in [1.82, 2.24) is 10.3 Å². The number of carbonyl (C=O) groups is 1. The molecule has 1 aromatic heterocycles. The van der Waals surface area contributed by atoms with E-state index in [4.69, 9.17) is 5.73 Å². The average molecular weight is 435 g/mol. The number of hydrogen-bond donors (Lipinski definition) is 2. The predicted molar refractivity (Wildman–Crippen MR) is 113 cm³/mol. The lowest BCUT2D eigenvalue weighted by Gasteiger charge is -2.35. The number of nitrogens with one attached hydrogen (secondary N) is 1. The molecular weight excluding hydrogens is 410 g/mol. The van der Waals surface area contributed by atoms with Crippen LogP contribution in [0, 0.1) is 12.7 Å². The molecule has 3 N–H and O–H groups in total. The minimum atomic E-state index is -0.222. The van der Waals surface area contributed by atoms with Crippen LogP contribution in [0.5, 0.6) is 0 Å². The van der Waals surface area contributed by atoms with E-state index in [2.05, 4.69) is 15.2 Å². The number of amides is 1. The maximum absolute atomic E-state index is 13.3. The van der Waals surface area contributed by atoms with Gasteiger partial charge in [-0.25, -0.2) is 9.37 Å². The van der Waals surface area contributed by atoms with Gasteiger partial charge in [0.1, 0.15) is 11.5 Å². The van der Waals surface area contributed by atoms with Crippen LogP contribution < -0.4 is 16.0 Å². The van der Waals surface area contributed by atoms with E-state index < -0.39 is 0 Å². The second-order valence-electron chi connectivity index (χ2n) is 6.35. The lowest BCUT2D eigenvalue weighted by molar-refractivity contribution is 0.0928. The van der Waals surface area contributed by atoms with E-state index in [1.165, 1.54) is 17.4 Å². The van der Waals surface area contributed by atoms with E-state index in [1.807, 2.05) is 13.0 Å². The van der Waals surface area contributed by atoms with Crippen LogP contribution in [0.1, 0.15) is 33.9 Å². The van der Waals surface area contributed by atoms with Gasteiger partial charge in [-0.2, -0.15) is 0 Å². The third-order valence-electron chi connectivity index (χ3n) is 4.40. The van der Waals surface area contributed by atoms with E-state index in [9.17, 15) is 9.18 Å². The zero-order valence-corrected chi connectivity index (χ0v) is 17.6. The minimum absolute atomic E-state index is 0. The number of aryl methyl sites for hydroxylation is 1. The van der Waals surface area contributed by atoms with Gasteiger partial charge >= 0.3 is 0 Å². The third kappa shape index (κ3) is 6.04. The number of aromatic nitrogens is 1. The summed E-state index contributed by atoms with van der Waals surface area (Å²) in [6, 6.07) is 4.91. The molecule has 3 rings (SSSR count). The Balaban J connectivity index is 0.00000182. The van der Waals surface area contributed by atoms with Crippen LogP contribution in [0.4, 0.5) is 10.1 Å². The molecule has 1 fully saturated rings. The Labute approximate surface area is 175 Å². The first-order valence-corrected chi connectivity index (χ1v) is 9.41. The van der Waals surface area contributed by atoms with Gasteiger partial charge in [-0.3, -0.25) is 4.79 Å². The number of nitrogens with two attached hydrogens (primary N) is 1. The first kappa shape index (κ1) is 23.6. The van der Waals surface area contributed by atoms with E-state index in [-0.39, 0.29) is 42.6 Å². The molecule has 2 aromatic rings. The summed E-state index contributed by atoms with van der Waals surface area (Å²) in [6.45, 7) is 4.08. The molecule has 1 aliphatic rings. The smallest absolute Gasteiger partial charge is 0.271 e. The number of nitrogens with zero attached hydrogens (tertiary/aromatic N) is 2. The van der Waals surface area contributed by atoms with E-state index in [1.54, 1.807) is 11.4 Å². The largest absolute Gasteiger partial charge is 0.369 e. The fourth-order valence-corrected chi connectivity index (χ4v) is 3.99. The van der Waals surface area contributed by atoms with Crippen molar-refractivity contribution >= 4 is 47.7 Å². The molecule has 1 amide bonds. The molecule has 1 saturated heterocycles. The molecule has 0 radical (unpaired) electrons. The van der Waals surface area contributed by atoms with Gasteiger partial charge in [0.25, 0.3) is 5.91 Å². The highest BCUT2D eigenvalue weighted by atomic mass is 35.5. The Bertz CT molecular complexity index is 759. The van der Waals surface area contributed by atoms with Crippen LogP contribution in [0.2, 0.25) is 0 Å². The van der Waals surface area contributed by atoms with Crippen LogP contribution in [0.15, 0.2) is 23.6 Å². The normalized spacial score (nSPS) is 16.3. The zero-order chi connectivity index (χ0) is 17.8. The Kier molecular flexibility index (Phi) is 9.45. The van der Waals surface area contributed by atoms with Crippen LogP contribution >= 0.6 is 36.2 Å². The maximum atomic E-state index is 13.3. The van der Waals surface area contributed by atoms with Crippen LogP contribution in [-0.4, -0.2) is 36.6 Å². The summed E-state index contributed by atoms with van der Waals surface area (Å²) in [5, 5.41) is 5.75. The summed E-state index contributed by atoms with van der Waals surface area (Å²) in [4.78, 5) is 19.0. The number of hydrogen-bond acceptors (Lipinski definition) is 5. The lowest BCUT2D eigenvalue weighted by atomic mass is 10.0. The highest BCUT2D eigenvalue weighted by Gasteiger charge is 2.23. The quantitative estimate of drug-likeness (QED) is 0.756. The van der Waals surface area contributed by atoms with Gasteiger partial charge in [-0.1, -0.05) is 0 Å². The first-order chi connectivity index (χ1) is 12.1. The van der Waals surface area contributed by atoms with Crippen LogP contribution in [0.25, 0.3) is 0 Å². The van der Waals surface area contributed by atoms with Crippen molar-refractivity contribution in [3.05, 3.63) is 45.7 Å². The third-order valence-corrected chi connectivity index (χ3v) is 5.31. The number of carbonyl (C=O) groups excluding carboxylic acids is 1. The monoisotopic (exact) mass is 434 g/mol. The zero-order valence-electron chi connectivity index (χ0n) is 15.1. The number of thiazole rings is 1. The predicted octanol–water partition coefficient (Wildman–Crippen LogP) is 3.33. The second kappa shape index (κ2) is 10.8. The van der Waals surface area contributed by atoms with E-state index >= 15 is 0 Å². The molecule has 2 heterocycles. The van der Waals surface area contributed by atoms with Crippen LogP contribution in [0.3, 0.4) is 0 Å². The highest BCUT2D eigenvalue weighted by molar-refractivity contribution is 7.09. The summed E-state index contributed by atoms with van der Waals surface area (Å²) in [6.07, 6.45) is 2.61. The molecular formula is C18H25Cl2FN4OS. The number of rotatable bonds is 5. The van der Waals surface area contributed by atoms with Crippen molar-refractivity contribution in [3.63, 3.8) is 0 Å². The molecule has 0 aliphatic carbocycles. The van der Waals surface area contributed by atoms with Crippen molar-refractivity contribution in [3.8, 4) is 0 Å². The number of benzene rings is 1. The Morgan fingerprint density at radius 1 is 1.44 bits per heavy atom. The van der Waals surface area contributed by atoms with Gasteiger partial charge in [0.15, 0.2) is 0 Å². The van der Waals surface area contributed by atoms with Crippen molar-refractivity contribution in [2.24, 2.45) is 5.73 Å². The lowest BCUT2D eigenvalue weighted by Crippen LogP contribution is -2.48. The fourth-order valence-electron chi connectivity index (χ4n) is 3.20. The number of anilines is 1. The maximum Gasteiger partial charge on any atom is 0.271 e. The summed E-state index contributed by atoms with van der Waals surface area (Å²) < 4.78 is 13.3. The van der Waals surface area contributed by atoms with Crippen LogP contribution in [-0.2, 0) is 6.42 Å². The van der Waals surface area contributed by atoms with Gasteiger partial charge in [0.2, 0.25) is 0 Å². The summed E-state index contributed by atoms with van der Waals surface area (Å²) in [5.74, 6) is -0.359. The molecule has 0 saturated carbocycles. The summed E-state index contributed by atoms with van der Waals surface area (Å²) >= 11 is 1.47. The Morgan fingerprint density at radius 3 is 2.93 bits per heavy atom. The molecule has 9 heteroatoms. The van der Waals surface area contributed by atoms with Gasteiger partial charge in [0, 0.05) is 36.6 Å². The summed E-state index contributed by atoms with van der Waals surface area (Å²) in [5.41, 5.74) is 7.93. The minimum Gasteiger partial charge on any atom is -0.369 e.